The molecule has 2 aromatic rings. The summed E-state index contributed by atoms with van der Waals surface area (Å²) in [4.78, 5) is 8.65. The van der Waals surface area contributed by atoms with Crippen LogP contribution in [-0.4, -0.2) is 15.1 Å². The van der Waals surface area contributed by atoms with Crippen LogP contribution in [0.25, 0.3) is 0 Å². The van der Waals surface area contributed by atoms with Crippen molar-refractivity contribution in [1.82, 2.24) is 9.97 Å². The molecule has 1 N–H and O–H groups in total. The fraction of sp³-hybridized carbons (Fsp3) is 0.286. The number of aliphatic hydroxyl groups is 1. The average molecular weight is 323 g/mol. The molecule has 100 valence electrons. The molecule has 1 aromatic carbocycles. The molecule has 0 radical (unpaired) electrons. The highest BCUT2D eigenvalue weighted by molar-refractivity contribution is 9.10. The van der Waals surface area contributed by atoms with Gasteiger partial charge in [0.1, 0.15) is 16.2 Å². The minimum atomic E-state index is 0.0246. The molecule has 0 atom stereocenters. The van der Waals surface area contributed by atoms with Gasteiger partial charge in [0.15, 0.2) is 0 Å². The standard InChI is InChI=1S/C14H15BrN2O2/c1-9(2)14-16-12(15)7-13(17-14)19-11-5-3-10(8-18)4-6-11/h3-7,9,18H,8H2,1-2H3. The molecule has 1 heterocycles. The maximum Gasteiger partial charge on any atom is 0.223 e. The van der Waals surface area contributed by atoms with E-state index in [0.29, 0.717) is 16.2 Å². The van der Waals surface area contributed by atoms with Gasteiger partial charge in [-0.2, -0.15) is 4.98 Å². The maximum absolute atomic E-state index is 8.98. The highest BCUT2D eigenvalue weighted by Crippen LogP contribution is 2.24. The van der Waals surface area contributed by atoms with Gasteiger partial charge in [0.25, 0.3) is 0 Å². The number of halogens is 1. The van der Waals surface area contributed by atoms with Gasteiger partial charge in [0, 0.05) is 12.0 Å². The van der Waals surface area contributed by atoms with Crippen LogP contribution in [0.5, 0.6) is 11.6 Å². The second kappa shape index (κ2) is 6.12. The third-order valence-corrected chi connectivity index (χ3v) is 2.94. The van der Waals surface area contributed by atoms with E-state index in [1.807, 2.05) is 26.0 Å². The molecule has 0 saturated carbocycles. The van der Waals surface area contributed by atoms with Crippen molar-refractivity contribution in [3.05, 3.63) is 46.3 Å². The molecular weight excluding hydrogens is 308 g/mol. The first-order valence-corrected chi connectivity index (χ1v) is 6.80. The Labute approximate surface area is 120 Å². The molecule has 1 aromatic heterocycles. The highest BCUT2D eigenvalue weighted by atomic mass is 79.9. The van der Waals surface area contributed by atoms with Crippen molar-refractivity contribution in [2.24, 2.45) is 0 Å². The lowest BCUT2D eigenvalue weighted by molar-refractivity contribution is 0.281. The summed E-state index contributed by atoms with van der Waals surface area (Å²) in [7, 11) is 0. The van der Waals surface area contributed by atoms with Gasteiger partial charge in [-0.05, 0) is 33.6 Å². The van der Waals surface area contributed by atoms with E-state index in [-0.39, 0.29) is 12.5 Å². The molecule has 19 heavy (non-hydrogen) atoms. The third-order valence-electron chi connectivity index (χ3n) is 2.53. The monoisotopic (exact) mass is 322 g/mol. The van der Waals surface area contributed by atoms with Crippen LogP contribution in [0, 0.1) is 0 Å². The van der Waals surface area contributed by atoms with Crippen LogP contribution in [0.3, 0.4) is 0 Å². The van der Waals surface area contributed by atoms with Crippen molar-refractivity contribution in [3.63, 3.8) is 0 Å². The third kappa shape index (κ3) is 3.75. The van der Waals surface area contributed by atoms with E-state index in [0.717, 1.165) is 11.4 Å². The quantitative estimate of drug-likeness (QED) is 0.873. The van der Waals surface area contributed by atoms with Gasteiger partial charge in [-0.3, -0.25) is 0 Å². The Bertz CT molecular complexity index is 556. The summed E-state index contributed by atoms with van der Waals surface area (Å²) in [5.41, 5.74) is 0.846. The molecule has 0 saturated heterocycles. The van der Waals surface area contributed by atoms with Gasteiger partial charge in [-0.25, -0.2) is 4.98 Å². The Balaban J connectivity index is 2.22. The van der Waals surface area contributed by atoms with Crippen LogP contribution in [-0.2, 0) is 6.61 Å². The summed E-state index contributed by atoms with van der Waals surface area (Å²) in [6, 6.07) is 8.96. The summed E-state index contributed by atoms with van der Waals surface area (Å²) in [6.45, 7) is 4.08. The van der Waals surface area contributed by atoms with Crippen LogP contribution < -0.4 is 4.74 Å². The molecule has 0 spiro atoms. The van der Waals surface area contributed by atoms with E-state index >= 15 is 0 Å². The summed E-state index contributed by atoms with van der Waals surface area (Å²) in [5, 5.41) is 8.98. The lowest BCUT2D eigenvalue weighted by Crippen LogP contribution is -2.00. The summed E-state index contributed by atoms with van der Waals surface area (Å²) in [6.07, 6.45) is 0. The van der Waals surface area contributed by atoms with Crippen LogP contribution >= 0.6 is 15.9 Å². The first kappa shape index (κ1) is 14.0. The Hall–Kier alpha value is -1.46. The van der Waals surface area contributed by atoms with E-state index in [4.69, 9.17) is 9.84 Å². The van der Waals surface area contributed by atoms with Gasteiger partial charge in [-0.15, -0.1) is 0 Å². The molecule has 0 amide bonds. The number of aliphatic hydroxyl groups excluding tert-OH is 1. The SMILES string of the molecule is CC(C)c1nc(Br)cc(Oc2ccc(CO)cc2)n1. The van der Waals surface area contributed by atoms with Crippen LogP contribution in [0.1, 0.15) is 31.2 Å². The molecule has 0 fully saturated rings. The van der Waals surface area contributed by atoms with Crippen LogP contribution in [0.2, 0.25) is 0 Å². The Morgan fingerprint density at radius 2 is 1.89 bits per heavy atom. The molecule has 0 aliphatic carbocycles. The lowest BCUT2D eigenvalue weighted by atomic mass is 10.2. The van der Waals surface area contributed by atoms with Crippen LogP contribution in [0.15, 0.2) is 34.9 Å². The number of hydrogen-bond acceptors (Lipinski definition) is 4. The smallest absolute Gasteiger partial charge is 0.223 e. The predicted octanol–water partition coefficient (Wildman–Crippen LogP) is 3.65. The topological polar surface area (TPSA) is 55.2 Å². The Kier molecular flexibility index (Phi) is 4.50. The summed E-state index contributed by atoms with van der Waals surface area (Å²) >= 11 is 3.35. The highest BCUT2D eigenvalue weighted by Gasteiger charge is 2.08. The lowest BCUT2D eigenvalue weighted by Gasteiger charge is -2.09. The fourth-order valence-corrected chi connectivity index (χ4v) is 1.89. The van der Waals surface area contributed by atoms with Crippen molar-refractivity contribution in [2.45, 2.75) is 26.4 Å². The number of nitrogens with zero attached hydrogens (tertiary/aromatic N) is 2. The zero-order valence-electron chi connectivity index (χ0n) is 10.8. The van der Waals surface area contributed by atoms with Crippen molar-refractivity contribution in [1.29, 1.82) is 0 Å². The second-order valence-corrected chi connectivity index (χ2v) is 5.26. The first-order valence-electron chi connectivity index (χ1n) is 6.00. The summed E-state index contributed by atoms with van der Waals surface area (Å²) < 4.78 is 6.39. The van der Waals surface area contributed by atoms with Crippen molar-refractivity contribution >= 4 is 15.9 Å². The number of aromatic nitrogens is 2. The normalized spacial score (nSPS) is 10.8. The van der Waals surface area contributed by atoms with Crippen LogP contribution in [0.4, 0.5) is 0 Å². The van der Waals surface area contributed by atoms with E-state index in [1.165, 1.54) is 0 Å². The molecule has 5 heteroatoms. The zero-order valence-corrected chi connectivity index (χ0v) is 12.4. The van der Waals surface area contributed by atoms with Crippen molar-refractivity contribution < 1.29 is 9.84 Å². The zero-order chi connectivity index (χ0) is 13.8. The van der Waals surface area contributed by atoms with Gasteiger partial charge in [0.05, 0.1) is 6.61 Å². The van der Waals surface area contributed by atoms with Gasteiger partial charge < -0.3 is 9.84 Å². The minimum absolute atomic E-state index is 0.0246. The Morgan fingerprint density at radius 3 is 2.47 bits per heavy atom. The summed E-state index contributed by atoms with van der Waals surface area (Å²) in [5.74, 6) is 2.15. The van der Waals surface area contributed by atoms with Crippen molar-refractivity contribution in [3.8, 4) is 11.6 Å². The Morgan fingerprint density at radius 1 is 1.21 bits per heavy atom. The number of ether oxygens (including phenoxy) is 1. The number of benzene rings is 1. The molecule has 0 aliphatic heterocycles. The van der Waals surface area contributed by atoms with Gasteiger partial charge in [0.2, 0.25) is 5.88 Å². The van der Waals surface area contributed by atoms with E-state index in [2.05, 4.69) is 25.9 Å². The number of rotatable bonds is 4. The number of hydrogen-bond donors (Lipinski definition) is 1. The molecule has 0 aliphatic rings. The second-order valence-electron chi connectivity index (χ2n) is 4.45. The van der Waals surface area contributed by atoms with Gasteiger partial charge >= 0.3 is 0 Å². The molecule has 2 rings (SSSR count). The average Bonchev–Trinajstić information content (AvgIpc) is 2.39. The van der Waals surface area contributed by atoms with Crippen molar-refractivity contribution in [2.75, 3.05) is 0 Å². The molecule has 4 nitrogen and oxygen atoms in total. The van der Waals surface area contributed by atoms with E-state index < -0.39 is 0 Å². The maximum atomic E-state index is 8.98. The predicted molar refractivity (Wildman–Crippen MR) is 76.3 cm³/mol. The van der Waals surface area contributed by atoms with E-state index in [9.17, 15) is 0 Å². The minimum Gasteiger partial charge on any atom is -0.439 e. The molecular formula is C14H15BrN2O2. The largest absolute Gasteiger partial charge is 0.439 e. The molecule has 0 unspecified atom stereocenters. The van der Waals surface area contributed by atoms with E-state index in [1.54, 1.807) is 18.2 Å². The first-order chi connectivity index (χ1) is 9.08. The fourth-order valence-electron chi connectivity index (χ4n) is 1.51. The van der Waals surface area contributed by atoms with Gasteiger partial charge in [-0.1, -0.05) is 26.0 Å². The molecule has 0 bridgehead atoms.